The van der Waals surface area contributed by atoms with Gasteiger partial charge in [0.2, 0.25) is 5.91 Å². The van der Waals surface area contributed by atoms with Gasteiger partial charge in [0.15, 0.2) is 0 Å². The topological polar surface area (TPSA) is 72.2 Å². The highest BCUT2D eigenvalue weighted by Gasteiger charge is 2.19. The summed E-state index contributed by atoms with van der Waals surface area (Å²) in [5, 5.41) is 2.54. The summed E-state index contributed by atoms with van der Waals surface area (Å²) in [5.41, 5.74) is 6.81. The normalized spacial score (nSPS) is 12.3. The number of primary amides is 1. The first-order valence-corrected chi connectivity index (χ1v) is 6.40. The maximum atomic E-state index is 12.0. The minimum absolute atomic E-state index is 0.0221. The molecule has 1 atom stereocenters. The Labute approximate surface area is 119 Å². The Kier molecular flexibility index (Phi) is 4.93. The van der Waals surface area contributed by atoms with Crippen LogP contribution in [-0.2, 0) is 10.2 Å². The lowest BCUT2D eigenvalue weighted by molar-refractivity contribution is -0.119. The van der Waals surface area contributed by atoms with Gasteiger partial charge in [0.25, 0.3) is 5.91 Å². The zero-order valence-corrected chi connectivity index (χ0v) is 12.1. The number of benzene rings is 1. The van der Waals surface area contributed by atoms with Crippen molar-refractivity contribution in [2.45, 2.75) is 38.6 Å². The standard InChI is InChI=1S/C16H20N2O2/c1-5-6-13(14(17)19)18-15(20)11-7-9-12(10-8-11)16(2,3)4/h1,7-10,13H,6H2,2-4H3,(H2,17,19)(H,18,20)/t13-/m1/s1. The van der Waals surface area contributed by atoms with Crippen LogP contribution in [0.4, 0.5) is 0 Å². The van der Waals surface area contributed by atoms with E-state index in [-0.39, 0.29) is 17.7 Å². The van der Waals surface area contributed by atoms with Gasteiger partial charge in [-0.05, 0) is 23.1 Å². The van der Waals surface area contributed by atoms with Crippen LogP contribution >= 0.6 is 0 Å². The van der Waals surface area contributed by atoms with Crippen LogP contribution in [0.5, 0.6) is 0 Å². The van der Waals surface area contributed by atoms with Crippen molar-refractivity contribution in [2.24, 2.45) is 5.73 Å². The number of hydrogen-bond acceptors (Lipinski definition) is 2. The molecule has 0 saturated heterocycles. The summed E-state index contributed by atoms with van der Waals surface area (Å²) in [6, 6.07) is 6.41. The average molecular weight is 272 g/mol. The van der Waals surface area contributed by atoms with E-state index in [1.165, 1.54) is 0 Å². The van der Waals surface area contributed by atoms with Gasteiger partial charge in [-0.25, -0.2) is 0 Å². The minimum Gasteiger partial charge on any atom is -0.368 e. The summed E-state index contributed by atoms with van der Waals surface area (Å²) in [5.74, 6) is 1.33. The van der Waals surface area contributed by atoms with E-state index in [0.29, 0.717) is 5.56 Å². The molecule has 1 aromatic rings. The van der Waals surface area contributed by atoms with E-state index in [4.69, 9.17) is 12.2 Å². The third-order valence-corrected chi connectivity index (χ3v) is 2.98. The molecule has 20 heavy (non-hydrogen) atoms. The second kappa shape index (κ2) is 6.25. The predicted molar refractivity (Wildman–Crippen MR) is 79.0 cm³/mol. The van der Waals surface area contributed by atoms with Crippen LogP contribution in [0.15, 0.2) is 24.3 Å². The van der Waals surface area contributed by atoms with Gasteiger partial charge in [0, 0.05) is 12.0 Å². The molecule has 0 aliphatic rings. The molecule has 0 saturated carbocycles. The Morgan fingerprint density at radius 2 is 1.85 bits per heavy atom. The number of rotatable bonds is 4. The van der Waals surface area contributed by atoms with Crippen molar-refractivity contribution in [3.8, 4) is 12.3 Å². The number of nitrogens with two attached hydrogens (primary N) is 1. The fourth-order valence-corrected chi connectivity index (χ4v) is 1.70. The maximum absolute atomic E-state index is 12.0. The molecule has 0 fully saturated rings. The molecule has 106 valence electrons. The van der Waals surface area contributed by atoms with Gasteiger partial charge in [-0.2, -0.15) is 0 Å². The fraction of sp³-hybridized carbons (Fsp3) is 0.375. The number of amides is 2. The van der Waals surface area contributed by atoms with Crippen molar-refractivity contribution in [3.63, 3.8) is 0 Å². The summed E-state index contributed by atoms with van der Waals surface area (Å²) in [4.78, 5) is 23.2. The predicted octanol–water partition coefficient (Wildman–Crippen LogP) is 1.59. The van der Waals surface area contributed by atoms with Gasteiger partial charge in [-0.15, -0.1) is 12.3 Å². The molecule has 0 bridgehead atoms. The lowest BCUT2D eigenvalue weighted by Gasteiger charge is -2.19. The average Bonchev–Trinajstić information content (AvgIpc) is 2.37. The van der Waals surface area contributed by atoms with E-state index in [9.17, 15) is 9.59 Å². The Hall–Kier alpha value is -2.28. The van der Waals surface area contributed by atoms with Crippen molar-refractivity contribution in [3.05, 3.63) is 35.4 Å². The lowest BCUT2D eigenvalue weighted by atomic mass is 9.86. The zero-order valence-electron chi connectivity index (χ0n) is 12.1. The number of carbonyl (C=O) groups is 2. The number of nitrogens with one attached hydrogen (secondary N) is 1. The van der Waals surface area contributed by atoms with E-state index >= 15 is 0 Å². The first kappa shape index (κ1) is 15.8. The molecule has 0 spiro atoms. The van der Waals surface area contributed by atoms with Crippen molar-refractivity contribution < 1.29 is 9.59 Å². The summed E-state index contributed by atoms with van der Waals surface area (Å²) in [6.07, 6.45) is 5.22. The number of carbonyl (C=O) groups excluding carboxylic acids is 2. The van der Waals surface area contributed by atoms with Gasteiger partial charge in [-0.3, -0.25) is 9.59 Å². The van der Waals surface area contributed by atoms with Crippen molar-refractivity contribution >= 4 is 11.8 Å². The quantitative estimate of drug-likeness (QED) is 0.817. The molecule has 0 radical (unpaired) electrons. The van der Waals surface area contributed by atoms with Crippen molar-refractivity contribution in [2.75, 3.05) is 0 Å². The molecular weight excluding hydrogens is 252 g/mol. The van der Waals surface area contributed by atoms with Crippen LogP contribution in [0, 0.1) is 12.3 Å². The molecule has 0 aromatic heterocycles. The molecular formula is C16H20N2O2. The summed E-state index contributed by atoms with van der Waals surface area (Å²) in [7, 11) is 0. The molecule has 2 amide bonds. The van der Waals surface area contributed by atoms with E-state index in [0.717, 1.165) is 5.56 Å². The number of hydrogen-bond donors (Lipinski definition) is 2. The molecule has 1 aromatic carbocycles. The zero-order chi connectivity index (χ0) is 15.3. The second-order valence-electron chi connectivity index (χ2n) is 5.66. The first-order valence-electron chi connectivity index (χ1n) is 6.40. The van der Waals surface area contributed by atoms with Gasteiger partial charge in [0.05, 0.1) is 0 Å². The van der Waals surface area contributed by atoms with Crippen LogP contribution in [-0.4, -0.2) is 17.9 Å². The highest BCUT2D eigenvalue weighted by molar-refractivity contribution is 5.97. The number of terminal acetylenes is 1. The van der Waals surface area contributed by atoms with Crippen LogP contribution in [0.3, 0.4) is 0 Å². The largest absolute Gasteiger partial charge is 0.368 e. The van der Waals surface area contributed by atoms with E-state index in [2.05, 4.69) is 32.0 Å². The Morgan fingerprint density at radius 3 is 2.25 bits per heavy atom. The van der Waals surface area contributed by atoms with E-state index in [1.54, 1.807) is 12.1 Å². The van der Waals surface area contributed by atoms with Gasteiger partial charge < -0.3 is 11.1 Å². The maximum Gasteiger partial charge on any atom is 0.251 e. The first-order chi connectivity index (χ1) is 9.25. The highest BCUT2D eigenvalue weighted by atomic mass is 16.2. The third kappa shape index (κ3) is 4.13. The fourth-order valence-electron chi connectivity index (χ4n) is 1.70. The van der Waals surface area contributed by atoms with Crippen LogP contribution in [0.25, 0.3) is 0 Å². The Bertz CT molecular complexity index is 533. The summed E-state index contributed by atoms with van der Waals surface area (Å²) >= 11 is 0. The van der Waals surface area contributed by atoms with Gasteiger partial charge in [0.1, 0.15) is 6.04 Å². The van der Waals surface area contributed by atoms with E-state index < -0.39 is 11.9 Å². The summed E-state index contributed by atoms with van der Waals surface area (Å²) < 4.78 is 0. The Balaban J connectivity index is 2.83. The molecule has 0 unspecified atom stereocenters. The molecule has 4 nitrogen and oxygen atoms in total. The molecule has 0 heterocycles. The monoisotopic (exact) mass is 272 g/mol. The van der Waals surface area contributed by atoms with Crippen LogP contribution < -0.4 is 11.1 Å². The second-order valence-corrected chi connectivity index (χ2v) is 5.66. The smallest absolute Gasteiger partial charge is 0.251 e. The summed E-state index contributed by atoms with van der Waals surface area (Å²) in [6.45, 7) is 6.29. The third-order valence-electron chi connectivity index (χ3n) is 2.98. The molecule has 4 heteroatoms. The van der Waals surface area contributed by atoms with Gasteiger partial charge in [-0.1, -0.05) is 32.9 Å². The Morgan fingerprint density at radius 1 is 1.30 bits per heavy atom. The van der Waals surface area contributed by atoms with E-state index in [1.807, 2.05) is 12.1 Å². The molecule has 0 aliphatic carbocycles. The lowest BCUT2D eigenvalue weighted by Crippen LogP contribution is -2.44. The van der Waals surface area contributed by atoms with Crippen LogP contribution in [0.2, 0.25) is 0 Å². The molecule has 0 aliphatic heterocycles. The van der Waals surface area contributed by atoms with Gasteiger partial charge >= 0.3 is 0 Å². The highest BCUT2D eigenvalue weighted by Crippen LogP contribution is 2.22. The van der Waals surface area contributed by atoms with Crippen molar-refractivity contribution in [1.29, 1.82) is 0 Å². The van der Waals surface area contributed by atoms with Crippen molar-refractivity contribution in [1.82, 2.24) is 5.32 Å². The SMILES string of the molecule is C#CC[C@@H](NC(=O)c1ccc(C(C)(C)C)cc1)C(N)=O. The minimum atomic E-state index is -0.838. The molecule has 3 N–H and O–H groups in total. The van der Waals surface area contributed by atoms with Crippen LogP contribution in [0.1, 0.15) is 43.1 Å². The molecule has 1 rings (SSSR count).